The van der Waals surface area contributed by atoms with Crippen molar-refractivity contribution in [3.8, 4) is 0 Å². The Bertz CT molecular complexity index is 293. The Balaban J connectivity index is 2.38. The lowest BCUT2D eigenvalue weighted by molar-refractivity contribution is 0.00917. The van der Waals surface area contributed by atoms with E-state index in [1.807, 2.05) is 7.11 Å². The quantitative estimate of drug-likeness (QED) is 0.488. The summed E-state index contributed by atoms with van der Waals surface area (Å²) in [5.74, 6) is 0.559. The van der Waals surface area contributed by atoms with Gasteiger partial charge in [-0.15, -0.1) is 0 Å². The van der Waals surface area contributed by atoms with Gasteiger partial charge in [0.1, 0.15) is 0 Å². The fourth-order valence-electron chi connectivity index (χ4n) is 3.20. The second kappa shape index (κ2) is 10.4. The molecule has 1 saturated heterocycles. The van der Waals surface area contributed by atoms with E-state index in [4.69, 9.17) is 15.2 Å². The third-order valence-electron chi connectivity index (χ3n) is 4.68. The Labute approximate surface area is 131 Å². The molecule has 0 unspecified atom stereocenters. The maximum Gasteiger partial charge on any atom is 0.0934 e. The zero-order valence-electron chi connectivity index (χ0n) is 14.3. The summed E-state index contributed by atoms with van der Waals surface area (Å²) in [7, 11) is 1.81. The van der Waals surface area contributed by atoms with Crippen molar-refractivity contribution in [1.29, 1.82) is 0 Å². The number of hydrogen-bond donors (Lipinski definition) is 1. The van der Waals surface area contributed by atoms with Crippen molar-refractivity contribution < 1.29 is 9.47 Å². The molecule has 0 amide bonds. The number of hydrogen-bond acceptors (Lipinski definition) is 3. The molecule has 0 aromatic heterocycles. The molecule has 2 N–H and O–H groups in total. The van der Waals surface area contributed by atoms with Gasteiger partial charge < -0.3 is 15.2 Å². The first-order valence-electron chi connectivity index (χ1n) is 8.67. The topological polar surface area (TPSA) is 44.5 Å². The Kier molecular flexibility index (Phi) is 9.21. The molecule has 0 bridgehead atoms. The Hall–Kier alpha value is -0.380. The standard InChI is InChI=1S/C18H35NO2/c1-5-6-7-8-10-14(2)17(20-4)13-15(3)18-16(19)11-9-12-21-18/h14,16-18H,3,5-13,19H2,1-2,4H3/t14-,16+,17-,18-/m0/s1. The molecular weight excluding hydrogens is 262 g/mol. The van der Waals surface area contributed by atoms with Crippen LogP contribution in [0.4, 0.5) is 0 Å². The van der Waals surface area contributed by atoms with Crippen LogP contribution in [0.5, 0.6) is 0 Å². The molecule has 4 atom stereocenters. The molecule has 0 radical (unpaired) electrons. The highest BCUT2D eigenvalue weighted by atomic mass is 16.5. The average Bonchev–Trinajstić information content (AvgIpc) is 2.49. The van der Waals surface area contributed by atoms with Gasteiger partial charge in [0.25, 0.3) is 0 Å². The van der Waals surface area contributed by atoms with Crippen LogP contribution in [0.2, 0.25) is 0 Å². The van der Waals surface area contributed by atoms with Crippen LogP contribution in [0.1, 0.15) is 65.2 Å². The van der Waals surface area contributed by atoms with Crippen molar-refractivity contribution in [2.75, 3.05) is 13.7 Å². The van der Waals surface area contributed by atoms with Gasteiger partial charge >= 0.3 is 0 Å². The van der Waals surface area contributed by atoms with E-state index in [1.165, 1.54) is 32.1 Å². The van der Waals surface area contributed by atoms with Gasteiger partial charge in [0, 0.05) is 19.8 Å². The first-order valence-corrected chi connectivity index (χ1v) is 8.67. The second-order valence-corrected chi connectivity index (χ2v) is 6.56. The van der Waals surface area contributed by atoms with E-state index in [2.05, 4.69) is 20.4 Å². The molecule has 3 nitrogen and oxygen atoms in total. The molecule has 0 aliphatic carbocycles. The molecule has 0 saturated carbocycles. The molecule has 3 heteroatoms. The SMILES string of the molecule is C=C(C[C@H](OC)[C@@H](C)CCCCCC)[C@@H]1OCCC[C@H]1N. The summed E-state index contributed by atoms with van der Waals surface area (Å²) in [6.45, 7) is 9.57. The van der Waals surface area contributed by atoms with Gasteiger partial charge in [0.05, 0.1) is 12.2 Å². The molecule has 0 spiro atoms. The second-order valence-electron chi connectivity index (χ2n) is 6.56. The minimum Gasteiger partial charge on any atom is -0.381 e. The van der Waals surface area contributed by atoms with Crippen LogP contribution in [-0.2, 0) is 9.47 Å². The third kappa shape index (κ3) is 6.50. The Morgan fingerprint density at radius 1 is 1.38 bits per heavy atom. The Morgan fingerprint density at radius 2 is 2.14 bits per heavy atom. The van der Waals surface area contributed by atoms with Crippen molar-refractivity contribution >= 4 is 0 Å². The van der Waals surface area contributed by atoms with Gasteiger partial charge in [-0.25, -0.2) is 0 Å². The number of nitrogens with two attached hydrogens (primary N) is 1. The van der Waals surface area contributed by atoms with Crippen LogP contribution in [0.15, 0.2) is 12.2 Å². The van der Waals surface area contributed by atoms with E-state index in [1.54, 1.807) is 0 Å². The molecule has 1 rings (SSSR count). The maximum atomic E-state index is 6.16. The van der Waals surface area contributed by atoms with E-state index in [0.717, 1.165) is 31.4 Å². The van der Waals surface area contributed by atoms with Crippen molar-refractivity contribution in [1.82, 2.24) is 0 Å². The van der Waals surface area contributed by atoms with Gasteiger partial charge in [-0.1, -0.05) is 46.1 Å². The molecule has 124 valence electrons. The summed E-state index contributed by atoms with van der Waals surface area (Å²) >= 11 is 0. The van der Waals surface area contributed by atoms with Crippen molar-refractivity contribution in [3.05, 3.63) is 12.2 Å². The van der Waals surface area contributed by atoms with Gasteiger partial charge in [-0.2, -0.15) is 0 Å². The first-order chi connectivity index (χ1) is 10.1. The molecule has 1 aliphatic rings. The number of unbranched alkanes of at least 4 members (excludes halogenated alkanes) is 3. The first kappa shape index (κ1) is 18.7. The van der Waals surface area contributed by atoms with Crippen molar-refractivity contribution in [2.45, 2.75) is 83.5 Å². The van der Waals surface area contributed by atoms with Gasteiger partial charge in [-0.05, 0) is 37.2 Å². The van der Waals surface area contributed by atoms with Crippen LogP contribution in [0, 0.1) is 5.92 Å². The molecule has 1 fully saturated rings. The van der Waals surface area contributed by atoms with Gasteiger partial charge in [-0.3, -0.25) is 0 Å². The van der Waals surface area contributed by atoms with Crippen LogP contribution < -0.4 is 5.73 Å². The van der Waals surface area contributed by atoms with E-state index < -0.39 is 0 Å². The predicted octanol–water partition coefficient (Wildman–Crippen LogP) is 4.06. The summed E-state index contributed by atoms with van der Waals surface area (Å²) in [5, 5.41) is 0. The number of methoxy groups -OCH3 is 1. The summed E-state index contributed by atoms with van der Waals surface area (Å²) in [4.78, 5) is 0. The van der Waals surface area contributed by atoms with Gasteiger partial charge in [0.15, 0.2) is 0 Å². The van der Waals surface area contributed by atoms with Crippen LogP contribution in [-0.4, -0.2) is 32.0 Å². The fourth-order valence-corrected chi connectivity index (χ4v) is 3.20. The number of rotatable bonds is 10. The van der Waals surface area contributed by atoms with E-state index in [9.17, 15) is 0 Å². The summed E-state index contributed by atoms with van der Waals surface area (Å²) < 4.78 is 11.5. The Morgan fingerprint density at radius 3 is 2.76 bits per heavy atom. The highest BCUT2D eigenvalue weighted by Crippen LogP contribution is 2.26. The van der Waals surface area contributed by atoms with Crippen molar-refractivity contribution in [2.24, 2.45) is 11.7 Å². The minimum absolute atomic E-state index is 0.0173. The van der Waals surface area contributed by atoms with Crippen LogP contribution in [0.25, 0.3) is 0 Å². The van der Waals surface area contributed by atoms with E-state index >= 15 is 0 Å². The highest BCUT2D eigenvalue weighted by Gasteiger charge is 2.28. The third-order valence-corrected chi connectivity index (χ3v) is 4.68. The molecule has 1 heterocycles. The molecule has 1 aliphatic heterocycles. The minimum atomic E-state index is 0.0173. The predicted molar refractivity (Wildman–Crippen MR) is 89.4 cm³/mol. The zero-order chi connectivity index (χ0) is 15.7. The lowest BCUT2D eigenvalue weighted by Gasteiger charge is -2.33. The smallest absolute Gasteiger partial charge is 0.0934 e. The molecule has 0 aromatic rings. The molecular formula is C18H35NO2. The summed E-state index contributed by atoms with van der Waals surface area (Å²) in [5.41, 5.74) is 7.27. The zero-order valence-corrected chi connectivity index (χ0v) is 14.3. The van der Waals surface area contributed by atoms with Crippen molar-refractivity contribution in [3.63, 3.8) is 0 Å². The average molecular weight is 297 g/mol. The lowest BCUT2D eigenvalue weighted by Crippen LogP contribution is -2.42. The number of ether oxygens (including phenoxy) is 2. The van der Waals surface area contributed by atoms with Gasteiger partial charge in [0.2, 0.25) is 0 Å². The molecule has 0 aromatic carbocycles. The maximum absolute atomic E-state index is 6.16. The fraction of sp³-hybridized carbons (Fsp3) is 0.889. The largest absolute Gasteiger partial charge is 0.381 e. The lowest BCUT2D eigenvalue weighted by atomic mass is 9.88. The summed E-state index contributed by atoms with van der Waals surface area (Å²) in [6, 6.07) is 0.101. The van der Waals surface area contributed by atoms with Crippen LogP contribution >= 0.6 is 0 Å². The van der Waals surface area contributed by atoms with E-state index in [0.29, 0.717) is 5.92 Å². The monoisotopic (exact) mass is 297 g/mol. The molecule has 21 heavy (non-hydrogen) atoms. The summed E-state index contributed by atoms with van der Waals surface area (Å²) in [6.07, 6.45) is 9.68. The van der Waals surface area contributed by atoms with Crippen LogP contribution in [0.3, 0.4) is 0 Å². The van der Waals surface area contributed by atoms with E-state index in [-0.39, 0.29) is 18.2 Å². The highest BCUT2D eigenvalue weighted by molar-refractivity contribution is 5.09. The normalized spacial score (nSPS) is 25.5.